The number of carbonyl (C=O) groups excluding carboxylic acids is 2. The molecule has 7 heteroatoms. The third-order valence-electron chi connectivity index (χ3n) is 4.56. The van der Waals surface area contributed by atoms with Gasteiger partial charge in [-0.2, -0.15) is 0 Å². The predicted octanol–water partition coefficient (Wildman–Crippen LogP) is 1.18. The summed E-state index contributed by atoms with van der Waals surface area (Å²) in [6, 6.07) is 5.30. The number of amides is 2. The zero-order valence-corrected chi connectivity index (χ0v) is 14.9. The summed E-state index contributed by atoms with van der Waals surface area (Å²) in [4.78, 5) is 37.2. The van der Waals surface area contributed by atoms with Crippen molar-refractivity contribution >= 4 is 11.8 Å². The smallest absolute Gasteiger partial charge is 0.255 e. The van der Waals surface area contributed by atoms with Gasteiger partial charge < -0.3 is 15.1 Å². The molecular formula is C19H23N5O2. The van der Waals surface area contributed by atoms with E-state index in [1.165, 1.54) is 12.4 Å². The average Bonchev–Trinajstić information content (AvgIpc) is 2.72. The lowest BCUT2D eigenvalue weighted by molar-refractivity contribution is 0.0643. The molecule has 2 aromatic heterocycles. The Morgan fingerprint density at radius 3 is 2.42 bits per heavy atom. The number of hydrogen-bond donors (Lipinski definition) is 1. The first-order valence-electron chi connectivity index (χ1n) is 8.81. The molecule has 3 heterocycles. The fraction of sp³-hybridized carbons (Fsp3) is 0.368. The third kappa shape index (κ3) is 4.43. The van der Waals surface area contributed by atoms with Gasteiger partial charge in [-0.3, -0.25) is 19.6 Å². The van der Waals surface area contributed by atoms with Crippen molar-refractivity contribution < 1.29 is 9.59 Å². The van der Waals surface area contributed by atoms with Crippen molar-refractivity contribution in [2.75, 3.05) is 32.7 Å². The van der Waals surface area contributed by atoms with Crippen LogP contribution in [0.3, 0.4) is 0 Å². The van der Waals surface area contributed by atoms with Crippen LogP contribution in [0.4, 0.5) is 0 Å². The number of carbonyl (C=O) groups is 2. The first-order chi connectivity index (χ1) is 12.7. The number of likely N-dealkylation sites (N-methyl/N-ethyl adjacent to an activating group) is 1. The Morgan fingerprint density at radius 1 is 1.04 bits per heavy atom. The van der Waals surface area contributed by atoms with Gasteiger partial charge in [0.1, 0.15) is 0 Å². The number of aromatic nitrogens is 2. The quantitative estimate of drug-likeness (QED) is 0.873. The van der Waals surface area contributed by atoms with Crippen LogP contribution in [0.5, 0.6) is 0 Å². The molecule has 0 unspecified atom stereocenters. The molecule has 1 fully saturated rings. The Hall–Kier alpha value is -2.80. The molecule has 0 aromatic carbocycles. The number of nitrogens with one attached hydrogen (secondary N) is 1. The first kappa shape index (κ1) is 18.0. The molecule has 7 nitrogen and oxygen atoms in total. The second-order valence-electron chi connectivity index (χ2n) is 6.23. The maximum absolute atomic E-state index is 12.7. The summed E-state index contributed by atoms with van der Waals surface area (Å²) >= 11 is 0. The van der Waals surface area contributed by atoms with Crippen LogP contribution in [-0.4, -0.2) is 64.3 Å². The van der Waals surface area contributed by atoms with Crippen LogP contribution < -0.4 is 5.32 Å². The standard InChI is InChI=1S/C19H23N5O2/c1-2-23-7-9-24(10-8-23)19(26)17-11-16(13-21-14-17)18(25)22-12-15-3-5-20-6-4-15/h3-6,11,13-14H,2,7-10,12H2,1H3,(H,22,25). The maximum atomic E-state index is 12.7. The van der Waals surface area contributed by atoms with E-state index in [1.54, 1.807) is 18.5 Å². The molecule has 2 aromatic rings. The molecule has 0 atom stereocenters. The largest absolute Gasteiger partial charge is 0.348 e. The van der Waals surface area contributed by atoms with Crippen molar-refractivity contribution in [1.82, 2.24) is 25.1 Å². The van der Waals surface area contributed by atoms with E-state index in [0.29, 0.717) is 30.8 Å². The van der Waals surface area contributed by atoms with Crippen LogP contribution in [-0.2, 0) is 6.54 Å². The molecular weight excluding hydrogens is 330 g/mol. The highest BCUT2D eigenvalue weighted by Crippen LogP contribution is 2.10. The Morgan fingerprint density at radius 2 is 1.73 bits per heavy atom. The van der Waals surface area contributed by atoms with Crippen LogP contribution >= 0.6 is 0 Å². The molecule has 136 valence electrons. The van der Waals surface area contributed by atoms with Gasteiger partial charge in [0, 0.05) is 57.5 Å². The second kappa shape index (κ2) is 8.53. The minimum Gasteiger partial charge on any atom is -0.348 e. The summed E-state index contributed by atoms with van der Waals surface area (Å²) in [5, 5.41) is 2.84. The van der Waals surface area contributed by atoms with Gasteiger partial charge in [0.05, 0.1) is 11.1 Å². The van der Waals surface area contributed by atoms with Crippen molar-refractivity contribution in [1.29, 1.82) is 0 Å². The monoisotopic (exact) mass is 353 g/mol. The minimum absolute atomic E-state index is 0.0722. The summed E-state index contributed by atoms with van der Waals surface area (Å²) in [5.41, 5.74) is 1.80. The van der Waals surface area contributed by atoms with Gasteiger partial charge in [-0.1, -0.05) is 6.92 Å². The summed E-state index contributed by atoms with van der Waals surface area (Å²) in [7, 11) is 0. The molecule has 0 bridgehead atoms. The lowest BCUT2D eigenvalue weighted by Crippen LogP contribution is -2.48. The summed E-state index contributed by atoms with van der Waals surface area (Å²) in [5.74, 6) is -0.322. The van der Waals surface area contributed by atoms with Gasteiger partial charge in [0.25, 0.3) is 11.8 Å². The zero-order chi connectivity index (χ0) is 18.4. The molecule has 0 spiro atoms. The van der Waals surface area contributed by atoms with Gasteiger partial charge >= 0.3 is 0 Å². The Bertz CT molecular complexity index is 758. The van der Waals surface area contributed by atoms with Crippen LogP contribution in [0, 0.1) is 0 Å². The zero-order valence-electron chi connectivity index (χ0n) is 14.9. The molecule has 2 amide bonds. The Labute approximate surface area is 153 Å². The van der Waals surface area contributed by atoms with Crippen molar-refractivity contribution in [2.24, 2.45) is 0 Å². The molecule has 1 aliphatic rings. The number of pyridine rings is 2. The van der Waals surface area contributed by atoms with E-state index in [1.807, 2.05) is 17.0 Å². The van der Waals surface area contributed by atoms with Crippen LogP contribution in [0.25, 0.3) is 0 Å². The van der Waals surface area contributed by atoms with Gasteiger partial charge in [-0.05, 0) is 30.3 Å². The van der Waals surface area contributed by atoms with Gasteiger partial charge in [-0.15, -0.1) is 0 Å². The molecule has 26 heavy (non-hydrogen) atoms. The van der Waals surface area contributed by atoms with E-state index < -0.39 is 0 Å². The summed E-state index contributed by atoms with van der Waals surface area (Å²) < 4.78 is 0. The molecule has 1 N–H and O–H groups in total. The van der Waals surface area contributed by atoms with Crippen molar-refractivity contribution in [2.45, 2.75) is 13.5 Å². The Balaban J connectivity index is 1.62. The first-order valence-corrected chi connectivity index (χ1v) is 8.81. The van der Waals surface area contributed by atoms with Crippen molar-refractivity contribution in [3.63, 3.8) is 0 Å². The molecule has 1 aliphatic heterocycles. The number of piperazine rings is 1. The molecule has 0 radical (unpaired) electrons. The number of hydrogen-bond acceptors (Lipinski definition) is 5. The highest BCUT2D eigenvalue weighted by Gasteiger charge is 2.22. The molecule has 0 aliphatic carbocycles. The molecule has 1 saturated heterocycles. The molecule has 0 saturated carbocycles. The van der Waals surface area contributed by atoms with E-state index in [2.05, 4.69) is 27.1 Å². The fourth-order valence-electron chi connectivity index (χ4n) is 2.92. The Kier molecular flexibility index (Phi) is 5.91. The van der Waals surface area contributed by atoms with Crippen molar-refractivity contribution in [3.05, 3.63) is 59.7 Å². The number of nitrogens with zero attached hydrogens (tertiary/aromatic N) is 4. The summed E-state index contributed by atoms with van der Waals surface area (Å²) in [6.45, 7) is 6.67. The average molecular weight is 353 g/mol. The van der Waals surface area contributed by atoms with Crippen LogP contribution in [0.15, 0.2) is 43.0 Å². The fourth-order valence-corrected chi connectivity index (χ4v) is 2.92. The van der Waals surface area contributed by atoms with E-state index in [9.17, 15) is 9.59 Å². The highest BCUT2D eigenvalue weighted by atomic mass is 16.2. The van der Waals surface area contributed by atoms with Crippen LogP contribution in [0.1, 0.15) is 33.2 Å². The van der Waals surface area contributed by atoms with E-state index >= 15 is 0 Å². The summed E-state index contributed by atoms with van der Waals surface area (Å²) in [6.07, 6.45) is 6.36. The van der Waals surface area contributed by atoms with Crippen molar-refractivity contribution in [3.8, 4) is 0 Å². The SMILES string of the molecule is CCN1CCN(C(=O)c2cncc(C(=O)NCc3ccncc3)c2)CC1. The normalized spacial score (nSPS) is 14.9. The predicted molar refractivity (Wildman–Crippen MR) is 97.7 cm³/mol. The lowest BCUT2D eigenvalue weighted by Gasteiger charge is -2.34. The van der Waals surface area contributed by atoms with E-state index in [-0.39, 0.29) is 11.8 Å². The highest BCUT2D eigenvalue weighted by molar-refractivity contribution is 5.99. The lowest BCUT2D eigenvalue weighted by atomic mass is 10.1. The van der Waals surface area contributed by atoms with E-state index in [4.69, 9.17) is 0 Å². The van der Waals surface area contributed by atoms with E-state index in [0.717, 1.165) is 25.2 Å². The molecule has 3 rings (SSSR count). The maximum Gasteiger partial charge on any atom is 0.255 e. The van der Waals surface area contributed by atoms with Gasteiger partial charge in [0.2, 0.25) is 0 Å². The minimum atomic E-state index is -0.250. The third-order valence-corrected chi connectivity index (χ3v) is 4.56. The van der Waals surface area contributed by atoms with Gasteiger partial charge in [-0.25, -0.2) is 0 Å². The topological polar surface area (TPSA) is 78.4 Å². The van der Waals surface area contributed by atoms with Crippen LogP contribution in [0.2, 0.25) is 0 Å². The van der Waals surface area contributed by atoms with Gasteiger partial charge in [0.15, 0.2) is 0 Å². The number of rotatable bonds is 5. The second-order valence-corrected chi connectivity index (χ2v) is 6.23.